The van der Waals surface area contributed by atoms with Gasteiger partial charge in [0.1, 0.15) is 17.4 Å². The third-order valence-corrected chi connectivity index (χ3v) is 7.27. The fraction of sp³-hybridized carbons (Fsp3) is 0.0741. The predicted octanol–water partition coefficient (Wildman–Crippen LogP) is 4.84. The molecule has 2 heterocycles. The van der Waals surface area contributed by atoms with Crippen LogP contribution in [0.5, 0.6) is 5.75 Å². The van der Waals surface area contributed by atoms with Gasteiger partial charge in [0.05, 0.1) is 23.2 Å². The topological polar surface area (TPSA) is 103 Å². The molecule has 3 aromatic carbocycles. The molecular formula is C27H20F2N4O4S. The molecule has 0 bridgehead atoms. The lowest BCUT2D eigenvalue weighted by Crippen LogP contribution is -2.19. The normalized spacial score (nSPS) is 11.5. The zero-order valence-corrected chi connectivity index (χ0v) is 21.0. The van der Waals surface area contributed by atoms with E-state index in [0.717, 1.165) is 6.07 Å². The number of nitrogens with one attached hydrogen (secondary N) is 1. The minimum absolute atomic E-state index is 0.0807. The average Bonchev–Trinajstić information content (AvgIpc) is 2.90. The largest absolute Gasteiger partial charge is 0.495 e. The van der Waals surface area contributed by atoms with Crippen LogP contribution in [0, 0.1) is 18.6 Å². The Balaban J connectivity index is 1.63. The van der Waals surface area contributed by atoms with Gasteiger partial charge in [0.25, 0.3) is 15.6 Å². The molecule has 1 N–H and O–H groups in total. The molecule has 0 saturated carbocycles. The predicted molar refractivity (Wildman–Crippen MR) is 139 cm³/mol. The van der Waals surface area contributed by atoms with E-state index >= 15 is 4.39 Å². The first-order chi connectivity index (χ1) is 18.2. The lowest BCUT2D eigenvalue weighted by atomic mass is 10.0. The standard InChI is InChI=1S/C27H20F2N4O4S/c1-16-12-17(4-7-21(16)28)20-14-25(37-2)24(15-22(20)29)33-23-8-6-19(13-18(23)5-9-26(33)34)38(35,36)32-27-30-10-3-11-31-27/h3-15H,1-2H3,(H,30,31,32). The van der Waals surface area contributed by atoms with E-state index in [1.807, 2.05) is 0 Å². The van der Waals surface area contributed by atoms with Gasteiger partial charge in [-0.25, -0.2) is 31.9 Å². The number of fused-ring (bicyclic) bond motifs is 1. The van der Waals surface area contributed by atoms with E-state index in [4.69, 9.17) is 4.74 Å². The SMILES string of the molecule is COc1cc(-c2ccc(F)c(C)c2)c(F)cc1-n1c(=O)ccc2cc(S(=O)(=O)Nc3ncccn3)ccc21. The summed E-state index contributed by atoms with van der Waals surface area (Å²) in [7, 11) is -2.65. The van der Waals surface area contributed by atoms with Gasteiger partial charge in [-0.3, -0.25) is 9.36 Å². The highest BCUT2D eigenvalue weighted by atomic mass is 32.2. The van der Waals surface area contributed by atoms with Crippen molar-refractivity contribution in [2.75, 3.05) is 11.8 Å². The van der Waals surface area contributed by atoms with Crippen molar-refractivity contribution in [1.82, 2.24) is 14.5 Å². The molecule has 0 unspecified atom stereocenters. The quantitative estimate of drug-likeness (QED) is 0.334. The van der Waals surface area contributed by atoms with E-state index < -0.39 is 27.2 Å². The van der Waals surface area contributed by atoms with Gasteiger partial charge >= 0.3 is 0 Å². The summed E-state index contributed by atoms with van der Waals surface area (Å²) in [6, 6.07) is 15.3. The summed E-state index contributed by atoms with van der Waals surface area (Å²) >= 11 is 0. The number of benzene rings is 3. The number of ether oxygens (including phenoxy) is 1. The van der Waals surface area contributed by atoms with Crippen LogP contribution in [0.2, 0.25) is 0 Å². The second kappa shape index (κ2) is 9.67. The monoisotopic (exact) mass is 534 g/mol. The Morgan fingerprint density at radius 2 is 1.68 bits per heavy atom. The zero-order valence-electron chi connectivity index (χ0n) is 20.1. The first-order valence-corrected chi connectivity index (χ1v) is 12.8. The Morgan fingerprint density at radius 1 is 0.921 bits per heavy atom. The summed E-state index contributed by atoms with van der Waals surface area (Å²) in [6.07, 6.45) is 2.80. The third kappa shape index (κ3) is 4.59. The molecule has 38 heavy (non-hydrogen) atoms. The number of halogens is 2. The minimum atomic E-state index is -4.03. The molecule has 5 aromatic rings. The number of nitrogens with zero attached hydrogens (tertiary/aromatic N) is 3. The number of aromatic nitrogens is 3. The number of pyridine rings is 1. The highest BCUT2D eigenvalue weighted by molar-refractivity contribution is 7.92. The van der Waals surface area contributed by atoms with Gasteiger partial charge in [-0.1, -0.05) is 6.07 Å². The fourth-order valence-electron chi connectivity index (χ4n) is 4.09. The number of hydrogen-bond acceptors (Lipinski definition) is 6. The van der Waals surface area contributed by atoms with Crippen LogP contribution in [0.3, 0.4) is 0 Å². The van der Waals surface area contributed by atoms with Gasteiger partial charge in [-0.05, 0) is 66.6 Å². The number of rotatable bonds is 6. The van der Waals surface area contributed by atoms with Crippen LogP contribution < -0.4 is 15.0 Å². The smallest absolute Gasteiger partial charge is 0.264 e. The molecule has 0 aliphatic heterocycles. The lowest BCUT2D eigenvalue weighted by molar-refractivity contribution is 0.412. The van der Waals surface area contributed by atoms with Crippen molar-refractivity contribution in [2.45, 2.75) is 11.8 Å². The zero-order chi connectivity index (χ0) is 27.0. The van der Waals surface area contributed by atoms with Crippen LogP contribution in [0.25, 0.3) is 27.7 Å². The maximum Gasteiger partial charge on any atom is 0.264 e. The van der Waals surface area contributed by atoms with Crippen molar-refractivity contribution in [3.8, 4) is 22.6 Å². The maximum atomic E-state index is 15.4. The molecule has 11 heteroatoms. The van der Waals surface area contributed by atoms with Crippen LogP contribution in [0.15, 0.2) is 88.8 Å². The number of methoxy groups -OCH3 is 1. The second-order valence-electron chi connectivity index (χ2n) is 8.37. The Kier molecular flexibility index (Phi) is 6.37. The fourth-order valence-corrected chi connectivity index (χ4v) is 5.08. The first kappa shape index (κ1) is 25.0. The van der Waals surface area contributed by atoms with Gasteiger partial charge < -0.3 is 4.74 Å². The number of anilines is 1. The lowest BCUT2D eigenvalue weighted by Gasteiger charge is -2.17. The van der Waals surface area contributed by atoms with E-state index in [0.29, 0.717) is 22.0 Å². The van der Waals surface area contributed by atoms with E-state index in [9.17, 15) is 17.6 Å². The summed E-state index contributed by atoms with van der Waals surface area (Å²) in [5, 5.41) is 0.405. The van der Waals surface area contributed by atoms with Gasteiger partial charge in [0.15, 0.2) is 0 Å². The highest BCUT2D eigenvalue weighted by Crippen LogP contribution is 2.34. The van der Waals surface area contributed by atoms with Crippen molar-refractivity contribution in [2.24, 2.45) is 0 Å². The summed E-state index contributed by atoms with van der Waals surface area (Å²) in [6.45, 7) is 1.58. The summed E-state index contributed by atoms with van der Waals surface area (Å²) in [5.41, 5.74) is 0.942. The summed E-state index contributed by atoms with van der Waals surface area (Å²) in [4.78, 5) is 20.6. The van der Waals surface area contributed by atoms with Crippen LogP contribution >= 0.6 is 0 Å². The molecule has 0 spiro atoms. The molecule has 0 aliphatic carbocycles. The molecule has 0 fully saturated rings. The van der Waals surface area contributed by atoms with E-state index in [1.54, 1.807) is 13.0 Å². The summed E-state index contributed by atoms with van der Waals surface area (Å²) < 4.78 is 63.9. The van der Waals surface area contributed by atoms with Gasteiger partial charge in [0, 0.05) is 35.5 Å². The summed E-state index contributed by atoms with van der Waals surface area (Å²) in [5.74, 6) is -0.957. The molecule has 2 aromatic heterocycles. The van der Waals surface area contributed by atoms with Gasteiger partial charge in [-0.2, -0.15) is 0 Å². The third-order valence-electron chi connectivity index (χ3n) is 5.95. The van der Waals surface area contributed by atoms with Crippen molar-refractivity contribution in [1.29, 1.82) is 0 Å². The van der Waals surface area contributed by atoms with Gasteiger partial charge in [-0.15, -0.1) is 0 Å². The molecule has 0 radical (unpaired) electrons. The van der Waals surface area contributed by atoms with Crippen molar-refractivity contribution in [3.05, 3.63) is 107 Å². The molecule has 0 amide bonds. The minimum Gasteiger partial charge on any atom is -0.495 e. The maximum absolute atomic E-state index is 15.4. The van der Waals surface area contributed by atoms with Crippen LogP contribution in [-0.4, -0.2) is 30.1 Å². The second-order valence-corrected chi connectivity index (χ2v) is 10.1. The number of hydrogen-bond donors (Lipinski definition) is 1. The molecule has 0 aliphatic rings. The van der Waals surface area contributed by atoms with Crippen LogP contribution in [0.4, 0.5) is 14.7 Å². The number of sulfonamides is 1. The Labute approximate surface area is 216 Å². The molecule has 8 nitrogen and oxygen atoms in total. The molecule has 0 saturated heterocycles. The van der Waals surface area contributed by atoms with Crippen molar-refractivity contribution < 1.29 is 21.9 Å². The average molecular weight is 535 g/mol. The van der Waals surface area contributed by atoms with Crippen molar-refractivity contribution >= 4 is 26.9 Å². The molecule has 5 rings (SSSR count). The van der Waals surface area contributed by atoms with E-state index in [-0.39, 0.29) is 27.8 Å². The Morgan fingerprint density at radius 3 is 2.39 bits per heavy atom. The first-order valence-electron chi connectivity index (χ1n) is 11.3. The number of aryl methyl sites for hydroxylation is 1. The van der Waals surface area contributed by atoms with E-state index in [1.165, 1.54) is 78.7 Å². The van der Waals surface area contributed by atoms with Crippen molar-refractivity contribution in [3.63, 3.8) is 0 Å². The Hall–Kier alpha value is -4.64. The van der Waals surface area contributed by atoms with Crippen LogP contribution in [0.1, 0.15) is 5.56 Å². The molecule has 0 atom stereocenters. The highest BCUT2D eigenvalue weighted by Gasteiger charge is 2.20. The van der Waals surface area contributed by atoms with Crippen LogP contribution in [-0.2, 0) is 10.0 Å². The van der Waals surface area contributed by atoms with E-state index in [2.05, 4.69) is 14.7 Å². The Bertz CT molecular complexity index is 1860. The molecule has 192 valence electrons. The molecular weight excluding hydrogens is 514 g/mol. The van der Waals surface area contributed by atoms with Gasteiger partial charge in [0.2, 0.25) is 5.95 Å².